The highest BCUT2D eigenvalue weighted by molar-refractivity contribution is 4.77. The van der Waals surface area contributed by atoms with Crippen molar-refractivity contribution in [1.82, 2.24) is 5.32 Å². The Morgan fingerprint density at radius 3 is 2.64 bits per heavy atom. The second-order valence-electron chi connectivity index (χ2n) is 3.77. The summed E-state index contributed by atoms with van der Waals surface area (Å²) < 4.78 is 10.9. The van der Waals surface area contributed by atoms with E-state index in [9.17, 15) is 0 Å². The molecule has 1 aliphatic rings. The number of hydrogen-bond donors (Lipinski definition) is 1. The molecule has 0 aliphatic carbocycles. The minimum absolute atomic E-state index is 0.517. The van der Waals surface area contributed by atoms with Crippen molar-refractivity contribution in [2.75, 3.05) is 33.0 Å². The third kappa shape index (κ3) is 3.95. The Labute approximate surface area is 87.2 Å². The van der Waals surface area contributed by atoms with Crippen LogP contribution >= 0.6 is 0 Å². The SMILES string of the molecule is CCNC(COCC)C1CCOCC1. The number of likely N-dealkylation sites (N-methyl/N-ethyl adjacent to an activating group) is 1. The zero-order valence-electron chi connectivity index (χ0n) is 9.42. The van der Waals surface area contributed by atoms with Gasteiger partial charge in [0.1, 0.15) is 0 Å². The lowest BCUT2D eigenvalue weighted by atomic mass is 9.92. The summed E-state index contributed by atoms with van der Waals surface area (Å²) in [6.07, 6.45) is 2.34. The molecule has 0 aromatic rings. The van der Waals surface area contributed by atoms with E-state index in [0.29, 0.717) is 6.04 Å². The van der Waals surface area contributed by atoms with E-state index in [1.54, 1.807) is 0 Å². The molecule has 0 aromatic heterocycles. The summed E-state index contributed by atoms with van der Waals surface area (Å²) in [5.41, 5.74) is 0. The monoisotopic (exact) mass is 201 g/mol. The molecule has 1 heterocycles. The van der Waals surface area contributed by atoms with E-state index < -0.39 is 0 Å². The molecule has 0 bridgehead atoms. The molecule has 0 amide bonds. The van der Waals surface area contributed by atoms with Crippen LogP contribution in [0.5, 0.6) is 0 Å². The van der Waals surface area contributed by atoms with Crippen LogP contribution in [0, 0.1) is 5.92 Å². The smallest absolute Gasteiger partial charge is 0.0622 e. The summed E-state index contributed by atoms with van der Waals surface area (Å²) in [7, 11) is 0. The maximum absolute atomic E-state index is 5.50. The van der Waals surface area contributed by atoms with Gasteiger partial charge in [0, 0.05) is 25.9 Å². The quantitative estimate of drug-likeness (QED) is 0.705. The van der Waals surface area contributed by atoms with Gasteiger partial charge in [0.2, 0.25) is 0 Å². The summed E-state index contributed by atoms with van der Waals surface area (Å²) in [6.45, 7) is 8.71. The molecule has 1 unspecified atom stereocenters. The Kier molecular flexibility index (Phi) is 6.15. The van der Waals surface area contributed by atoms with Gasteiger partial charge in [0.15, 0.2) is 0 Å². The average Bonchev–Trinajstić information content (AvgIpc) is 2.25. The molecule has 1 aliphatic heterocycles. The van der Waals surface area contributed by atoms with Gasteiger partial charge in [-0.1, -0.05) is 6.92 Å². The van der Waals surface area contributed by atoms with Crippen LogP contribution in [-0.2, 0) is 9.47 Å². The van der Waals surface area contributed by atoms with E-state index in [1.165, 1.54) is 12.8 Å². The summed E-state index contributed by atoms with van der Waals surface area (Å²) in [4.78, 5) is 0. The summed E-state index contributed by atoms with van der Waals surface area (Å²) in [5, 5.41) is 3.51. The van der Waals surface area contributed by atoms with Gasteiger partial charge in [-0.3, -0.25) is 0 Å². The molecular weight excluding hydrogens is 178 g/mol. The van der Waals surface area contributed by atoms with Gasteiger partial charge in [-0.2, -0.15) is 0 Å². The van der Waals surface area contributed by atoms with Crippen molar-refractivity contribution in [1.29, 1.82) is 0 Å². The molecular formula is C11H23NO2. The molecule has 84 valence electrons. The Hall–Kier alpha value is -0.120. The maximum Gasteiger partial charge on any atom is 0.0622 e. The first kappa shape index (κ1) is 12.0. The summed E-state index contributed by atoms with van der Waals surface area (Å²) >= 11 is 0. The highest BCUT2D eigenvalue weighted by atomic mass is 16.5. The molecule has 1 fully saturated rings. The van der Waals surface area contributed by atoms with Crippen molar-refractivity contribution in [3.63, 3.8) is 0 Å². The van der Waals surface area contributed by atoms with Crippen molar-refractivity contribution in [3.05, 3.63) is 0 Å². The van der Waals surface area contributed by atoms with Crippen LogP contribution < -0.4 is 5.32 Å². The number of rotatable bonds is 6. The fraction of sp³-hybridized carbons (Fsp3) is 1.00. The van der Waals surface area contributed by atoms with E-state index in [1.807, 2.05) is 6.92 Å². The highest BCUT2D eigenvalue weighted by Crippen LogP contribution is 2.19. The third-order valence-corrected chi connectivity index (χ3v) is 2.80. The van der Waals surface area contributed by atoms with Crippen LogP contribution in [0.3, 0.4) is 0 Å². The predicted octanol–water partition coefficient (Wildman–Crippen LogP) is 1.43. The molecule has 1 N–H and O–H groups in total. The highest BCUT2D eigenvalue weighted by Gasteiger charge is 2.23. The van der Waals surface area contributed by atoms with Crippen LogP contribution in [0.15, 0.2) is 0 Å². The minimum atomic E-state index is 0.517. The van der Waals surface area contributed by atoms with E-state index in [2.05, 4.69) is 12.2 Å². The lowest BCUT2D eigenvalue weighted by molar-refractivity contribution is 0.0314. The molecule has 0 spiro atoms. The van der Waals surface area contributed by atoms with Gasteiger partial charge in [-0.25, -0.2) is 0 Å². The largest absolute Gasteiger partial charge is 0.381 e. The lowest BCUT2D eigenvalue weighted by Crippen LogP contribution is -2.42. The van der Waals surface area contributed by atoms with Crippen LogP contribution in [0.1, 0.15) is 26.7 Å². The second-order valence-corrected chi connectivity index (χ2v) is 3.77. The molecule has 3 nitrogen and oxygen atoms in total. The fourth-order valence-electron chi connectivity index (χ4n) is 1.99. The minimum Gasteiger partial charge on any atom is -0.381 e. The summed E-state index contributed by atoms with van der Waals surface area (Å²) in [6, 6.07) is 0.517. The van der Waals surface area contributed by atoms with Crippen molar-refractivity contribution in [2.24, 2.45) is 5.92 Å². The standard InChI is InChI=1S/C11H23NO2/c1-3-12-11(9-13-4-2)10-5-7-14-8-6-10/h10-12H,3-9H2,1-2H3. The molecule has 0 saturated carbocycles. The molecule has 1 saturated heterocycles. The van der Waals surface area contributed by atoms with Crippen LogP contribution in [0.25, 0.3) is 0 Å². The van der Waals surface area contributed by atoms with Gasteiger partial charge in [0.05, 0.1) is 6.61 Å². The molecule has 3 heteroatoms. The Morgan fingerprint density at radius 1 is 1.36 bits per heavy atom. The molecule has 0 radical (unpaired) electrons. The molecule has 0 aromatic carbocycles. The average molecular weight is 201 g/mol. The van der Waals surface area contributed by atoms with Gasteiger partial charge in [-0.15, -0.1) is 0 Å². The Bertz CT molecular complexity index is 135. The molecule has 1 atom stereocenters. The van der Waals surface area contributed by atoms with Crippen molar-refractivity contribution >= 4 is 0 Å². The van der Waals surface area contributed by atoms with Crippen LogP contribution in [-0.4, -0.2) is 39.0 Å². The number of hydrogen-bond acceptors (Lipinski definition) is 3. The van der Waals surface area contributed by atoms with Crippen molar-refractivity contribution < 1.29 is 9.47 Å². The van der Waals surface area contributed by atoms with Crippen LogP contribution in [0.2, 0.25) is 0 Å². The zero-order chi connectivity index (χ0) is 10.2. The van der Waals surface area contributed by atoms with E-state index in [4.69, 9.17) is 9.47 Å². The van der Waals surface area contributed by atoms with E-state index >= 15 is 0 Å². The number of ether oxygens (including phenoxy) is 2. The Balaban J connectivity index is 2.30. The molecule has 1 rings (SSSR count). The normalized spacial score (nSPS) is 21.0. The predicted molar refractivity (Wildman–Crippen MR) is 57.5 cm³/mol. The van der Waals surface area contributed by atoms with Crippen molar-refractivity contribution in [2.45, 2.75) is 32.7 Å². The van der Waals surface area contributed by atoms with Gasteiger partial charge in [-0.05, 0) is 32.2 Å². The first-order valence-corrected chi connectivity index (χ1v) is 5.77. The van der Waals surface area contributed by atoms with Gasteiger partial charge >= 0.3 is 0 Å². The first-order valence-electron chi connectivity index (χ1n) is 5.77. The zero-order valence-corrected chi connectivity index (χ0v) is 9.42. The molecule has 14 heavy (non-hydrogen) atoms. The van der Waals surface area contributed by atoms with Crippen molar-refractivity contribution in [3.8, 4) is 0 Å². The maximum atomic E-state index is 5.50. The second kappa shape index (κ2) is 7.21. The lowest BCUT2D eigenvalue weighted by Gasteiger charge is -2.30. The topological polar surface area (TPSA) is 30.5 Å². The van der Waals surface area contributed by atoms with Gasteiger partial charge < -0.3 is 14.8 Å². The third-order valence-electron chi connectivity index (χ3n) is 2.80. The van der Waals surface area contributed by atoms with Gasteiger partial charge in [0.25, 0.3) is 0 Å². The van der Waals surface area contributed by atoms with Crippen LogP contribution in [0.4, 0.5) is 0 Å². The number of nitrogens with one attached hydrogen (secondary N) is 1. The fourth-order valence-corrected chi connectivity index (χ4v) is 1.99. The van der Waals surface area contributed by atoms with E-state index in [-0.39, 0.29) is 0 Å². The first-order chi connectivity index (χ1) is 6.88. The summed E-state index contributed by atoms with van der Waals surface area (Å²) in [5.74, 6) is 0.732. The van der Waals surface area contributed by atoms with E-state index in [0.717, 1.165) is 38.9 Å². The Morgan fingerprint density at radius 2 is 2.07 bits per heavy atom.